The fourth-order valence-corrected chi connectivity index (χ4v) is 1.39. The van der Waals surface area contributed by atoms with E-state index in [-0.39, 0.29) is 18.8 Å². The predicted octanol–water partition coefficient (Wildman–Crippen LogP) is 2.35. The smallest absolute Gasteiger partial charge is 1.00 e. The summed E-state index contributed by atoms with van der Waals surface area (Å²) >= 11 is 0. The summed E-state index contributed by atoms with van der Waals surface area (Å²) in [6, 6.07) is 14.9. The number of pyridine rings is 1. The molecule has 1 aromatic heterocycles. The number of benzene rings is 1. The summed E-state index contributed by atoms with van der Waals surface area (Å²) in [4.78, 5) is 15.9. The van der Waals surface area contributed by atoms with Crippen molar-refractivity contribution < 1.29 is 7.65 Å². The summed E-state index contributed by atoms with van der Waals surface area (Å²) in [5, 5.41) is 0. The van der Waals surface area contributed by atoms with E-state index in [1.807, 2.05) is 48.5 Å². The average molecular weight is 208 g/mol. The van der Waals surface area contributed by atoms with Gasteiger partial charge in [-0.2, -0.15) is 0 Å². The molecule has 0 saturated heterocycles. The second kappa shape index (κ2) is 5.94. The van der Waals surface area contributed by atoms with Crippen LogP contribution in [-0.2, 0) is 6.42 Å². The van der Waals surface area contributed by atoms with Crippen molar-refractivity contribution in [3.63, 3.8) is 0 Å². The van der Waals surface area contributed by atoms with Gasteiger partial charge in [-0.25, -0.2) is 0 Å². The predicted molar refractivity (Wildman–Crippen MR) is 66.7 cm³/mol. The Morgan fingerprint density at radius 1 is 1.06 bits per heavy atom. The van der Waals surface area contributed by atoms with Crippen molar-refractivity contribution in [2.75, 3.05) is 0 Å². The molecule has 78 valence electrons. The maximum atomic E-state index is 11.8. The van der Waals surface area contributed by atoms with E-state index in [0.29, 0.717) is 6.42 Å². The van der Waals surface area contributed by atoms with Crippen molar-refractivity contribution in [3.8, 4) is 0 Å². The van der Waals surface area contributed by atoms with Crippen molar-refractivity contribution in [1.29, 1.82) is 0 Å². The van der Waals surface area contributed by atoms with Gasteiger partial charge in [0.2, 0.25) is 0 Å². The summed E-state index contributed by atoms with van der Waals surface area (Å²) in [7, 11) is 0. The molecule has 0 aliphatic carbocycles. The number of aromatic nitrogens is 1. The van der Waals surface area contributed by atoms with E-state index < -0.39 is 0 Å². The third-order valence-electron chi connectivity index (χ3n) is 2.16. The van der Waals surface area contributed by atoms with Gasteiger partial charge in [0.15, 0.2) is 5.78 Å². The second-order valence-corrected chi connectivity index (χ2v) is 3.29. The van der Waals surface area contributed by atoms with Gasteiger partial charge in [0.1, 0.15) is 0 Å². The molecule has 2 rings (SSSR count). The Hall–Kier alpha value is -1.79. The minimum absolute atomic E-state index is 0. The van der Waals surface area contributed by atoms with Crippen LogP contribution in [0.1, 0.15) is 18.9 Å². The van der Waals surface area contributed by atoms with Crippen LogP contribution in [0.15, 0.2) is 54.7 Å². The third-order valence-corrected chi connectivity index (χ3v) is 2.16. The zero-order valence-electron chi connectivity index (χ0n) is 11.0. The molecule has 0 aliphatic rings. The standard InChI is InChI=1S/C13H11NO.Be.2H/c15-13(11-6-2-1-3-7-11)10-12-8-4-5-9-14-12;;;/h1-9H,10H2;;;/q;+2;2*-1. The molecule has 0 amide bonds. The molecular weight excluding hydrogens is 195 g/mol. The molecule has 0 unspecified atom stereocenters. The van der Waals surface area contributed by atoms with Gasteiger partial charge >= 0.3 is 10.1 Å². The van der Waals surface area contributed by atoms with Crippen LogP contribution in [-0.4, -0.2) is 20.9 Å². The van der Waals surface area contributed by atoms with Gasteiger partial charge in [-0.1, -0.05) is 36.4 Å². The Morgan fingerprint density at radius 3 is 2.38 bits per heavy atom. The molecule has 0 saturated carbocycles. The molecule has 0 radical (unpaired) electrons. The van der Waals surface area contributed by atoms with Gasteiger partial charge in [-0.15, -0.1) is 0 Å². The van der Waals surface area contributed by atoms with Crippen molar-refractivity contribution in [3.05, 3.63) is 66.0 Å². The van der Waals surface area contributed by atoms with Gasteiger partial charge in [0.05, 0.1) is 6.42 Å². The molecule has 0 fully saturated rings. The van der Waals surface area contributed by atoms with Gasteiger partial charge in [0, 0.05) is 17.5 Å². The van der Waals surface area contributed by atoms with Crippen LogP contribution in [0.5, 0.6) is 0 Å². The number of carbonyl (C=O) groups excluding carboxylic acids is 1. The number of carbonyl (C=O) groups is 1. The molecule has 0 bridgehead atoms. The molecule has 0 aliphatic heterocycles. The summed E-state index contributed by atoms with van der Waals surface area (Å²) in [5.41, 5.74) is 1.55. The minimum Gasteiger partial charge on any atom is -1.00 e. The first kappa shape index (κ1) is 12.3. The van der Waals surface area contributed by atoms with Crippen molar-refractivity contribution in [2.45, 2.75) is 6.42 Å². The third kappa shape index (κ3) is 3.11. The maximum absolute atomic E-state index is 11.8. The van der Waals surface area contributed by atoms with Gasteiger partial charge < -0.3 is 2.85 Å². The Kier molecular flexibility index (Phi) is 4.56. The Morgan fingerprint density at radius 2 is 1.75 bits per heavy atom. The van der Waals surface area contributed by atoms with E-state index >= 15 is 0 Å². The summed E-state index contributed by atoms with van der Waals surface area (Å²) in [6.07, 6.45) is 2.07. The molecule has 1 aromatic carbocycles. The fourth-order valence-electron chi connectivity index (χ4n) is 1.39. The number of nitrogens with zero attached hydrogens (tertiary/aromatic N) is 1. The number of hydrogen-bond donors (Lipinski definition) is 0. The van der Waals surface area contributed by atoms with E-state index in [2.05, 4.69) is 4.98 Å². The largest absolute Gasteiger partial charge is 2.00 e. The molecule has 0 N–H and O–H groups in total. The van der Waals surface area contributed by atoms with E-state index in [9.17, 15) is 4.79 Å². The van der Waals surface area contributed by atoms with E-state index in [1.54, 1.807) is 6.20 Å². The monoisotopic (exact) mass is 208 g/mol. The van der Waals surface area contributed by atoms with E-state index in [4.69, 9.17) is 0 Å². The van der Waals surface area contributed by atoms with Gasteiger partial charge in [-0.05, 0) is 12.1 Å². The zero-order chi connectivity index (χ0) is 10.5. The normalized spacial score (nSPS) is 9.25. The van der Waals surface area contributed by atoms with E-state index in [1.165, 1.54) is 0 Å². The number of hydrogen-bond acceptors (Lipinski definition) is 2. The van der Waals surface area contributed by atoms with Crippen molar-refractivity contribution in [2.24, 2.45) is 0 Å². The maximum Gasteiger partial charge on any atom is 2.00 e. The van der Waals surface area contributed by atoms with Crippen LogP contribution in [0, 0.1) is 0 Å². The number of ketones is 1. The Balaban J connectivity index is 0. The summed E-state index contributed by atoms with van der Waals surface area (Å²) in [6.45, 7) is 0. The van der Waals surface area contributed by atoms with Gasteiger partial charge in [-0.3, -0.25) is 9.78 Å². The number of rotatable bonds is 3. The van der Waals surface area contributed by atoms with Crippen LogP contribution < -0.4 is 0 Å². The Bertz CT molecular complexity index is 451. The summed E-state index contributed by atoms with van der Waals surface area (Å²) in [5.74, 6) is 0.106. The van der Waals surface area contributed by atoms with Crippen molar-refractivity contribution in [1.82, 2.24) is 4.98 Å². The quantitative estimate of drug-likeness (QED) is 0.572. The first-order valence-electron chi connectivity index (χ1n) is 4.84. The van der Waals surface area contributed by atoms with Gasteiger partial charge in [0.25, 0.3) is 0 Å². The topological polar surface area (TPSA) is 30.0 Å². The van der Waals surface area contributed by atoms with Crippen LogP contribution in [0.4, 0.5) is 0 Å². The second-order valence-electron chi connectivity index (χ2n) is 3.29. The molecule has 0 spiro atoms. The summed E-state index contributed by atoms with van der Waals surface area (Å²) < 4.78 is 0. The average Bonchev–Trinajstić information content (AvgIpc) is 2.31. The molecule has 1 heterocycles. The van der Waals surface area contributed by atoms with Crippen LogP contribution >= 0.6 is 0 Å². The number of Topliss-reactive ketones (excluding diaryl/α,β-unsaturated/α-hetero) is 1. The SMILES string of the molecule is O=C(Cc1ccccn1)c1ccccc1.[Be+2].[H-].[H-]. The van der Waals surface area contributed by atoms with Crippen molar-refractivity contribution >= 4 is 15.9 Å². The molecule has 0 atom stereocenters. The minimum atomic E-state index is 0. The molecule has 2 nitrogen and oxygen atoms in total. The molecular formula is C13H13BeNO. The first-order valence-corrected chi connectivity index (χ1v) is 4.84. The molecule has 3 heteroatoms. The first-order chi connectivity index (χ1) is 7.36. The Labute approximate surface area is 102 Å². The van der Waals surface area contributed by atoms with Crippen LogP contribution in [0.3, 0.4) is 0 Å². The fraction of sp³-hybridized carbons (Fsp3) is 0.0769. The van der Waals surface area contributed by atoms with Crippen LogP contribution in [0.2, 0.25) is 0 Å². The zero-order valence-corrected chi connectivity index (χ0v) is 8.97. The molecule has 2 aromatic rings. The molecule has 16 heavy (non-hydrogen) atoms. The van der Waals surface area contributed by atoms with Crippen LogP contribution in [0.25, 0.3) is 0 Å². The van der Waals surface area contributed by atoms with E-state index in [0.717, 1.165) is 11.3 Å².